The fourth-order valence-corrected chi connectivity index (χ4v) is 6.23. The van der Waals surface area contributed by atoms with Crippen molar-refractivity contribution in [2.75, 3.05) is 0 Å². The van der Waals surface area contributed by atoms with Crippen molar-refractivity contribution >= 4 is 54.3 Å². The van der Waals surface area contributed by atoms with Gasteiger partial charge in [-0.3, -0.25) is 0 Å². The van der Waals surface area contributed by atoms with E-state index in [1.807, 2.05) is 42.5 Å². The lowest BCUT2D eigenvalue weighted by atomic mass is 9.88. The van der Waals surface area contributed by atoms with E-state index in [0.717, 1.165) is 43.1 Å². The molecule has 45 heavy (non-hydrogen) atoms. The first kappa shape index (κ1) is 14.6. The van der Waals surface area contributed by atoms with Crippen LogP contribution in [0.5, 0.6) is 0 Å². The van der Waals surface area contributed by atoms with Crippen LogP contribution < -0.4 is 0 Å². The van der Waals surface area contributed by atoms with Gasteiger partial charge in [-0.05, 0) is 50.7 Å². The second-order valence-corrected chi connectivity index (χ2v) is 10.5. The zero-order valence-electron chi connectivity index (χ0n) is 36.9. The van der Waals surface area contributed by atoms with E-state index in [-0.39, 0.29) is 11.1 Å². The monoisotopic (exact) mass is 587 g/mol. The molecule has 4 heteroatoms. The van der Waals surface area contributed by atoms with E-state index in [2.05, 4.69) is 21.0 Å². The van der Waals surface area contributed by atoms with Gasteiger partial charge in [-0.25, -0.2) is 15.0 Å². The second-order valence-electron chi connectivity index (χ2n) is 10.5. The maximum atomic E-state index is 9.63. The number of benzene rings is 8. The minimum atomic E-state index is -0.730. The molecule has 0 amide bonds. The van der Waals surface area contributed by atoms with Crippen LogP contribution in [-0.2, 0) is 0 Å². The first-order chi connectivity index (χ1) is 28.1. The summed E-state index contributed by atoms with van der Waals surface area (Å²) in [6, 6.07) is 8.01. The van der Waals surface area contributed by atoms with Crippen LogP contribution in [0.3, 0.4) is 0 Å². The van der Waals surface area contributed by atoms with Crippen LogP contribution in [-0.4, -0.2) is 15.0 Å². The number of hydrogen-bond acceptors (Lipinski definition) is 4. The molecule has 0 aliphatic rings. The van der Waals surface area contributed by atoms with Gasteiger partial charge in [0.25, 0.3) is 0 Å². The molecule has 0 fully saturated rings. The summed E-state index contributed by atoms with van der Waals surface area (Å²) < 4.78 is 127. The number of hydrogen-bond donors (Lipinski definition) is 0. The van der Waals surface area contributed by atoms with Crippen molar-refractivity contribution < 1.29 is 23.6 Å². The highest BCUT2D eigenvalue weighted by atomic mass is 16.3. The molecular weight excluding hydrogens is 550 g/mol. The highest BCUT2D eigenvalue weighted by Crippen LogP contribution is 2.48. The third kappa shape index (κ3) is 3.57. The minimum absolute atomic E-state index is 0.117. The van der Waals surface area contributed by atoms with E-state index >= 15 is 0 Å². The summed E-state index contributed by atoms with van der Waals surface area (Å²) >= 11 is 0. The van der Waals surface area contributed by atoms with Crippen molar-refractivity contribution in [1.82, 2.24) is 15.0 Å². The summed E-state index contributed by atoms with van der Waals surface area (Å²) in [5.74, 6) is -1.72. The zero-order valence-corrected chi connectivity index (χ0v) is 22.9. The largest absolute Gasteiger partial charge is 0.455 e. The van der Waals surface area contributed by atoms with Crippen molar-refractivity contribution in [3.05, 3.63) is 139 Å². The molecule has 10 rings (SSSR count). The van der Waals surface area contributed by atoms with Gasteiger partial charge in [-0.15, -0.1) is 0 Å². The average molecular weight is 588 g/mol. The highest BCUT2D eigenvalue weighted by Gasteiger charge is 2.22. The first-order valence-electron chi connectivity index (χ1n) is 21.0. The van der Waals surface area contributed by atoms with Gasteiger partial charge in [0.2, 0.25) is 0 Å². The molecule has 0 saturated carbocycles. The van der Waals surface area contributed by atoms with Crippen LogP contribution in [0.2, 0.25) is 0 Å². The summed E-state index contributed by atoms with van der Waals surface area (Å²) in [6.07, 6.45) is 0. The van der Waals surface area contributed by atoms with Gasteiger partial charge >= 0.3 is 0 Å². The standard InChI is InChI=1S/C41H23N3O/c1-3-9-26(10-4-1)39-42-40(27-11-5-2-6-12-27)44-41(43-39)29-15-7-14-28(23-29)30-20-21-32-31-16-8-13-24-17-18-25-19-22-33-37(35(25)34(24)31)36(32)38(30)45-33/h1-23H/i1D,2D,3D,4D,5D,6D,7D,9D,10D,11D,12D,14D,15D,23D. The summed E-state index contributed by atoms with van der Waals surface area (Å²) in [6.45, 7) is 0. The van der Waals surface area contributed by atoms with Crippen LogP contribution in [0, 0.1) is 0 Å². The van der Waals surface area contributed by atoms with Gasteiger partial charge in [0.05, 0.1) is 19.2 Å². The SMILES string of the molecule is [2H]c1c([2H])c([2H])c(-c2nc(-c3c([2H])c([2H])c([2H])c([2H])c3[2H])nc(-c3c([2H])c([2H])c([2H])c(-c4ccc5c6cccc7ccc8ccc9oc4c5c9c8c76)c3[2H])n2)c([2H])c1[2H]. The Morgan fingerprint density at radius 1 is 0.467 bits per heavy atom. The van der Waals surface area contributed by atoms with Crippen LogP contribution in [0.25, 0.3) is 99.5 Å². The van der Waals surface area contributed by atoms with E-state index in [9.17, 15) is 1.37 Å². The first-order valence-corrected chi connectivity index (χ1v) is 14.0. The van der Waals surface area contributed by atoms with Crippen LogP contribution in [0.15, 0.2) is 144 Å². The van der Waals surface area contributed by atoms with E-state index in [1.54, 1.807) is 6.07 Å². The summed E-state index contributed by atoms with van der Waals surface area (Å²) in [4.78, 5) is 13.1. The van der Waals surface area contributed by atoms with Crippen molar-refractivity contribution in [2.45, 2.75) is 0 Å². The molecule has 4 nitrogen and oxygen atoms in total. The van der Waals surface area contributed by atoms with E-state index in [4.69, 9.17) is 22.2 Å². The molecule has 208 valence electrons. The minimum Gasteiger partial charge on any atom is -0.455 e. The number of rotatable bonds is 4. The molecule has 0 N–H and O–H groups in total. The third-order valence-electron chi connectivity index (χ3n) is 8.10. The zero-order chi connectivity index (χ0) is 41.7. The number of aromatic nitrogens is 3. The van der Waals surface area contributed by atoms with Gasteiger partial charge in [0.1, 0.15) is 11.2 Å². The molecule has 2 heterocycles. The lowest BCUT2D eigenvalue weighted by Gasteiger charge is -2.13. The van der Waals surface area contributed by atoms with Crippen molar-refractivity contribution in [2.24, 2.45) is 0 Å². The van der Waals surface area contributed by atoms with Crippen molar-refractivity contribution in [3.63, 3.8) is 0 Å². The fraction of sp³-hybridized carbons (Fsp3) is 0. The Kier molecular flexibility index (Phi) is 2.97. The van der Waals surface area contributed by atoms with Crippen LogP contribution in [0.1, 0.15) is 19.2 Å². The topological polar surface area (TPSA) is 51.8 Å². The molecule has 8 aromatic carbocycles. The molecule has 0 radical (unpaired) electrons. The second kappa shape index (κ2) is 9.18. The molecule has 0 atom stereocenters. The summed E-state index contributed by atoms with van der Waals surface area (Å²) in [5, 5.41) is 7.52. The Labute approximate surface area is 277 Å². The van der Waals surface area contributed by atoms with Crippen LogP contribution >= 0.6 is 0 Å². The van der Waals surface area contributed by atoms with Gasteiger partial charge < -0.3 is 4.42 Å². The normalized spacial score (nSPS) is 16.4. The van der Waals surface area contributed by atoms with Gasteiger partial charge in [-0.2, -0.15) is 0 Å². The van der Waals surface area contributed by atoms with E-state index in [0.29, 0.717) is 11.2 Å². The maximum absolute atomic E-state index is 9.63. The fourth-order valence-electron chi connectivity index (χ4n) is 6.23. The summed E-state index contributed by atoms with van der Waals surface area (Å²) in [7, 11) is 0. The molecule has 2 aromatic heterocycles. The Morgan fingerprint density at radius 3 is 1.80 bits per heavy atom. The molecule has 10 aromatic rings. The molecule has 0 bridgehead atoms. The average Bonchev–Trinajstić information content (AvgIpc) is 3.63. The van der Waals surface area contributed by atoms with Gasteiger partial charge in [0.15, 0.2) is 17.5 Å². The quantitative estimate of drug-likeness (QED) is 0.152. The molecule has 0 spiro atoms. The van der Waals surface area contributed by atoms with Crippen molar-refractivity contribution in [3.8, 4) is 45.3 Å². The Balaban J connectivity index is 1.31. The Hall–Kier alpha value is -6.13. The molecule has 0 aliphatic carbocycles. The maximum Gasteiger partial charge on any atom is 0.164 e. The molecule has 0 aliphatic heterocycles. The third-order valence-corrected chi connectivity index (χ3v) is 8.10. The van der Waals surface area contributed by atoms with Gasteiger partial charge in [-0.1, -0.05) is 121 Å². The summed E-state index contributed by atoms with van der Waals surface area (Å²) in [5.41, 5.74) is -0.436. The lowest BCUT2D eigenvalue weighted by Crippen LogP contribution is -2.00. The van der Waals surface area contributed by atoms with E-state index < -0.39 is 119 Å². The van der Waals surface area contributed by atoms with E-state index in [1.165, 1.54) is 0 Å². The Morgan fingerprint density at radius 2 is 1.07 bits per heavy atom. The predicted molar refractivity (Wildman–Crippen MR) is 184 cm³/mol. The van der Waals surface area contributed by atoms with Crippen LogP contribution in [0.4, 0.5) is 0 Å². The Bertz CT molecular complexity index is 3370. The highest BCUT2D eigenvalue weighted by molar-refractivity contribution is 6.40. The number of fused-ring (bicyclic) bond motifs is 1. The number of nitrogens with zero attached hydrogens (tertiary/aromatic N) is 3. The smallest absolute Gasteiger partial charge is 0.164 e. The van der Waals surface area contributed by atoms with Crippen molar-refractivity contribution in [1.29, 1.82) is 0 Å². The predicted octanol–water partition coefficient (Wildman–Crippen LogP) is 10.8. The lowest BCUT2D eigenvalue weighted by molar-refractivity contribution is 0.670. The molecular formula is C41H23N3O. The molecule has 0 unspecified atom stereocenters. The molecule has 0 saturated heterocycles. The van der Waals surface area contributed by atoms with Gasteiger partial charge in [0, 0.05) is 38.4 Å². The number of furan rings is 1.